The molecule has 1 heterocycles. The normalized spacial score (nSPS) is 10.3. The second-order valence-electron chi connectivity index (χ2n) is 3.32. The first-order valence-electron chi connectivity index (χ1n) is 4.84. The molecule has 0 amide bonds. The second kappa shape index (κ2) is 5.58. The third kappa shape index (κ3) is 3.25. The quantitative estimate of drug-likeness (QED) is 0.769. The van der Waals surface area contributed by atoms with E-state index in [4.69, 9.17) is 39.5 Å². The number of aromatic nitrogens is 1. The van der Waals surface area contributed by atoms with Crippen molar-refractivity contribution in [3.8, 4) is 5.75 Å². The first-order chi connectivity index (χ1) is 8.16. The number of para-hydroxylation sites is 1. The summed E-state index contributed by atoms with van der Waals surface area (Å²) in [6.45, 7) is 0.298. The molecule has 0 bridgehead atoms. The van der Waals surface area contributed by atoms with Gasteiger partial charge in [-0.15, -0.1) is 0 Å². The van der Waals surface area contributed by atoms with Crippen molar-refractivity contribution in [2.45, 2.75) is 6.61 Å². The molecule has 17 heavy (non-hydrogen) atoms. The summed E-state index contributed by atoms with van der Waals surface area (Å²) in [5.74, 6) is 0.611. The Balaban J connectivity index is 2.10. The lowest BCUT2D eigenvalue weighted by molar-refractivity contribution is 0.306. The Hall–Kier alpha value is -0.960. The predicted molar refractivity (Wildman–Crippen MR) is 70.0 cm³/mol. The van der Waals surface area contributed by atoms with Crippen LogP contribution in [0.15, 0.2) is 36.5 Å². The van der Waals surface area contributed by atoms with Gasteiger partial charge in [-0.3, -0.25) is 0 Å². The molecule has 88 valence electrons. The van der Waals surface area contributed by atoms with E-state index in [9.17, 15) is 0 Å². The van der Waals surface area contributed by atoms with Crippen molar-refractivity contribution < 1.29 is 4.74 Å². The fraction of sp³-hybridized carbons (Fsp3) is 0.0833. The summed E-state index contributed by atoms with van der Waals surface area (Å²) < 4.78 is 5.54. The molecule has 2 aromatic rings. The molecule has 1 aromatic heterocycles. The molecular weight excluding hydrogens is 280 g/mol. The molecule has 0 saturated carbocycles. The first kappa shape index (κ1) is 12.5. The molecule has 0 aliphatic rings. The highest BCUT2D eigenvalue weighted by atomic mass is 35.5. The SMILES string of the molecule is Clc1cc(Cl)c(COc2ccccc2Cl)cn1. The van der Waals surface area contributed by atoms with Crippen LogP contribution in [-0.2, 0) is 6.61 Å². The lowest BCUT2D eigenvalue weighted by atomic mass is 10.3. The number of rotatable bonds is 3. The van der Waals surface area contributed by atoms with Crippen molar-refractivity contribution in [2.24, 2.45) is 0 Å². The summed E-state index contributed by atoms with van der Waals surface area (Å²) in [4.78, 5) is 3.94. The van der Waals surface area contributed by atoms with Gasteiger partial charge in [-0.05, 0) is 18.2 Å². The molecule has 0 radical (unpaired) electrons. The van der Waals surface area contributed by atoms with Crippen molar-refractivity contribution in [3.05, 3.63) is 57.3 Å². The fourth-order valence-corrected chi connectivity index (χ4v) is 1.87. The van der Waals surface area contributed by atoms with E-state index < -0.39 is 0 Å². The average Bonchev–Trinajstić information content (AvgIpc) is 2.30. The van der Waals surface area contributed by atoms with Crippen molar-refractivity contribution in [1.82, 2.24) is 4.98 Å². The molecular formula is C12H8Cl3NO. The van der Waals surface area contributed by atoms with Crippen molar-refractivity contribution in [2.75, 3.05) is 0 Å². The summed E-state index contributed by atoms with van der Waals surface area (Å²) in [7, 11) is 0. The van der Waals surface area contributed by atoms with Crippen LogP contribution in [0, 0.1) is 0 Å². The zero-order valence-electron chi connectivity index (χ0n) is 8.66. The van der Waals surface area contributed by atoms with E-state index in [1.807, 2.05) is 12.1 Å². The van der Waals surface area contributed by atoms with Gasteiger partial charge in [0.25, 0.3) is 0 Å². The van der Waals surface area contributed by atoms with Crippen LogP contribution in [-0.4, -0.2) is 4.98 Å². The largest absolute Gasteiger partial charge is 0.487 e. The highest BCUT2D eigenvalue weighted by Gasteiger charge is 2.05. The second-order valence-corrected chi connectivity index (χ2v) is 4.52. The summed E-state index contributed by atoms with van der Waals surface area (Å²) in [6.07, 6.45) is 1.58. The van der Waals surface area contributed by atoms with Crippen LogP contribution in [0.25, 0.3) is 0 Å². The summed E-state index contributed by atoms with van der Waals surface area (Å²) in [5.41, 5.74) is 0.760. The van der Waals surface area contributed by atoms with E-state index in [-0.39, 0.29) is 0 Å². The van der Waals surface area contributed by atoms with Crippen LogP contribution >= 0.6 is 34.8 Å². The van der Waals surface area contributed by atoms with Crippen LogP contribution in [0.5, 0.6) is 5.75 Å². The minimum atomic E-state index is 0.298. The maximum absolute atomic E-state index is 6.00. The average molecular weight is 289 g/mol. The van der Waals surface area contributed by atoms with Gasteiger partial charge in [-0.25, -0.2) is 4.98 Å². The lowest BCUT2D eigenvalue weighted by Crippen LogP contribution is -1.97. The lowest BCUT2D eigenvalue weighted by Gasteiger charge is -2.08. The standard InChI is InChI=1S/C12H8Cl3NO/c13-9-3-1-2-4-11(9)17-7-8-6-16-12(15)5-10(8)14/h1-6H,7H2. The molecule has 1 aromatic carbocycles. The molecule has 0 N–H and O–H groups in total. The van der Waals surface area contributed by atoms with E-state index in [1.165, 1.54) is 0 Å². The van der Waals surface area contributed by atoms with Gasteiger partial charge in [0.05, 0.1) is 10.0 Å². The minimum absolute atomic E-state index is 0.298. The van der Waals surface area contributed by atoms with E-state index in [2.05, 4.69) is 4.98 Å². The Bertz CT molecular complexity index is 531. The van der Waals surface area contributed by atoms with E-state index >= 15 is 0 Å². The molecule has 0 aliphatic carbocycles. The number of pyridine rings is 1. The third-order valence-corrected chi connectivity index (χ3v) is 2.99. The Morgan fingerprint density at radius 2 is 1.82 bits per heavy atom. The minimum Gasteiger partial charge on any atom is -0.487 e. The third-order valence-electron chi connectivity index (χ3n) is 2.12. The van der Waals surface area contributed by atoms with Gasteiger partial charge in [0, 0.05) is 11.8 Å². The highest BCUT2D eigenvalue weighted by Crippen LogP contribution is 2.25. The van der Waals surface area contributed by atoms with E-state index in [0.29, 0.717) is 27.6 Å². The number of hydrogen-bond acceptors (Lipinski definition) is 2. The Kier molecular flexibility index (Phi) is 4.11. The van der Waals surface area contributed by atoms with Gasteiger partial charge in [0.1, 0.15) is 17.5 Å². The van der Waals surface area contributed by atoms with Gasteiger partial charge < -0.3 is 4.74 Å². The van der Waals surface area contributed by atoms with Crippen LogP contribution in [0.1, 0.15) is 5.56 Å². The number of nitrogens with zero attached hydrogens (tertiary/aromatic N) is 1. The van der Waals surface area contributed by atoms with Gasteiger partial charge in [0.2, 0.25) is 0 Å². The number of halogens is 3. The van der Waals surface area contributed by atoms with Crippen LogP contribution in [0.3, 0.4) is 0 Å². The molecule has 0 fully saturated rings. The smallest absolute Gasteiger partial charge is 0.138 e. The summed E-state index contributed by atoms with van der Waals surface area (Å²) >= 11 is 17.7. The molecule has 2 rings (SSSR count). The van der Waals surface area contributed by atoms with E-state index in [1.54, 1.807) is 24.4 Å². The van der Waals surface area contributed by atoms with Gasteiger partial charge in [-0.2, -0.15) is 0 Å². The van der Waals surface area contributed by atoms with E-state index in [0.717, 1.165) is 5.56 Å². The van der Waals surface area contributed by atoms with Crippen molar-refractivity contribution in [1.29, 1.82) is 0 Å². The Labute approximate surface area is 114 Å². The summed E-state index contributed by atoms with van der Waals surface area (Å²) in [5, 5.41) is 1.44. The maximum Gasteiger partial charge on any atom is 0.138 e. The molecule has 0 atom stereocenters. The van der Waals surface area contributed by atoms with Crippen LogP contribution in [0.4, 0.5) is 0 Å². The molecule has 0 unspecified atom stereocenters. The fourth-order valence-electron chi connectivity index (χ4n) is 1.26. The van der Waals surface area contributed by atoms with Gasteiger partial charge in [-0.1, -0.05) is 46.9 Å². The Morgan fingerprint density at radius 3 is 2.53 bits per heavy atom. The number of benzene rings is 1. The van der Waals surface area contributed by atoms with Crippen LogP contribution < -0.4 is 4.74 Å². The molecule has 0 saturated heterocycles. The molecule has 0 spiro atoms. The predicted octanol–water partition coefficient (Wildman–Crippen LogP) is 4.62. The number of ether oxygens (including phenoxy) is 1. The molecule has 5 heteroatoms. The van der Waals surface area contributed by atoms with Gasteiger partial charge in [0.15, 0.2) is 0 Å². The molecule has 0 aliphatic heterocycles. The topological polar surface area (TPSA) is 22.1 Å². The molecule has 2 nitrogen and oxygen atoms in total. The summed E-state index contributed by atoms with van der Waals surface area (Å²) in [6, 6.07) is 8.82. The monoisotopic (exact) mass is 287 g/mol. The first-order valence-corrected chi connectivity index (χ1v) is 5.97. The maximum atomic E-state index is 6.00. The highest BCUT2D eigenvalue weighted by molar-refractivity contribution is 6.34. The van der Waals surface area contributed by atoms with Crippen molar-refractivity contribution >= 4 is 34.8 Å². The van der Waals surface area contributed by atoms with Gasteiger partial charge >= 0.3 is 0 Å². The zero-order valence-corrected chi connectivity index (χ0v) is 10.9. The van der Waals surface area contributed by atoms with Crippen molar-refractivity contribution in [3.63, 3.8) is 0 Å². The zero-order chi connectivity index (χ0) is 12.3. The Morgan fingerprint density at radius 1 is 1.06 bits per heavy atom. The van der Waals surface area contributed by atoms with Crippen LogP contribution in [0.2, 0.25) is 15.2 Å². The number of hydrogen-bond donors (Lipinski definition) is 0.